The molecule has 8 rings (SSSR count). The summed E-state index contributed by atoms with van der Waals surface area (Å²) in [5.41, 5.74) is 3.13. The Morgan fingerprint density at radius 2 is 1.27 bits per heavy atom. The molecule has 5 aromatic heterocycles. The van der Waals surface area contributed by atoms with Crippen LogP contribution < -0.4 is 40.7 Å². The van der Waals surface area contributed by atoms with E-state index in [2.05, 4.69) is 25.7 Å². The minimum Gasteiger partial charge on any atom is -0.493 e. The second kappa shape index (κ2) is 21.8. The molecule has 19 nitrogen and oxygen atoms in total. The van der Waals surface area contributed by atoms with Crippen LogP contribution in [0.3, 0.4) is 0 Å². The number of pyridine rings is 2. The van der Waals surface area contributed by atoms with Crippen LogP contribution in [0.4, 0.5) is 0 Å². The van der Waals surface area contributed by atoms with E-state index in [0.29, 0.717) is 64.1 Å². The van der Waals surface area contributed by atoms with Crippen LogP contribution in [0.5, 0.6) is 23.0 Å². The van der Waals surface area contributed by atoms with Crippen LogP contribution >= 0.6 is 0 Å². The minimum absolute atomic E-state index is 0.0290. The Balaban J connectivity index is 1.00. The summed E-state index contributed by atoms with van der Waals surface area (Å²) in [6, 6.07) is 26.4. The zero-order valence-electron chi connectivity index (χ0n) is 39.0. The third kappa shape index (κ3) is 10.8. The zero-order valence-corrected chi connectivity index (χ0v) is 39.0. The molecule has 2 amide bonds. The van der Waals surface area contributed by atoms with Gasteiger partial charge in [0.1, 0.15) is 23.9 Å². The summed E-state index contributed by atoms with van der Waals surface area (Å²) in [5, 5.41) is 20.0. The van der Waals surface area contributed by atoms with Gasteiger partial charge in [-0.1, -0.05) is 24.3 Å². The monoisotopic (exact) mass is 943 g/mol. The third-order valence-corrected chi connectivity index (χ3v) is 11.6. The van der Waals surface area contributed by atoms with Gasteiger partial charge < -0.3 is 29.6 Å². The number of ether oxygens (including phenoxy) is 4. The molecule has 2 N–H and O–H groups in total. The molecule has 0 aliphatic heterocycles. The molecule has 0 saturated carbocycles. The normalized spacial score (nSPS) is 11.0. The van der Waals surface area contributed by atoms with Gasteiger partial charge in [-0.2, -0.15) is 10.4 Å². The highest BCUT2D eigenvalue weighted by atomic mass is 16.5. The van der Waals surface area contributed by atoms with Crippen LogP contribution in [-0.2, 0) is 52.4 Å². The molecule has 19 heteroatoms. The maximum atomic E-state index is 14.4. The molecule has 0 spiro atoms. The van der Waals surface area contributed by atoms with Crippen LogP contribution in [0, 0.1) is 11.3 Å². The second-order valence-electron chi connectivity index (χ2n) is 16.1. The number of rotatable bonds is 20. The van der Waals surface area contributed by atoms with Gasteiger partial charge in [0.2, 0.25) is 0 Å². The summed E-state index contributed by atoms with van der Waals surface area (Å²) in [6.45, 7) is 0.914. The van der Waals surface area contributed by atoms with E-state index >= 15 is 0 Å². The number of aryl methyl sites for hydroxylation is 3. The minimum atomic E-state index is -0.414. The quantitative estimate of drug-likeness (QED) is 0.107. The van der Waals surface area contributed by atoms with Crippen molar-refractivity contribution in [2.24, 2.45) is 7.05 Å². The van der Waals surface area contributed by atoms with Gasteiger partial charge in [-0.15, -0.1) is 0 Å². The standard InChI is InChI=1S/C51H49N11O8/c1-60-23-19-39(59-60)49(64)55-22-16-44-57-46-37(10-7-20-53-46)50(65)61(44)24-18-33-12-14-41(68-3)43(28-33)70-31-34-26-38-47(56-30-34)58-45(15-21-54-48(63)36-9-6-5-8-35(36)29-52)62(51(38)66)25-17-32-11-13-40(67-2)42(27-32)69-4/h5-14,19-20,23,26-28,30H,15-18,21-22,24-25,31H2,1-4H3,(H,54,63)(H,55,64). The van der Waals surface area contributed by atoms with Gasteiger partial charge >= 0.3 is 0 Å². The molecule has 0 aliphatic carbocycles. The van der Waals surface area contributed by atoms with Crippen molar-refractivity contribution < 1.29 is 28.5 Å². The Labute approximate surface area is 401 Å². The molecule has 0 saturated heterocycles. The van der Waals surface area contributed by atoms with Crippen LogP contribution in [0.25, 0.3) is 22.1 Å². The molecule has 0 unspecified atom stereocenters. The summed E-state index contributed by atoms with van der Waals surface area (Å²) in [6.07, 6.45) is 6.21. The van der Waals surface area contributed by atoms with Gasteiger partial charge in [0.05, 0.1) is 49.3 Å². The van der Waals surface area contributed by atoms with E-state index < -0.39 is 5.91 Å². The van der Waals surface area contributed by atoms with Crippen LogP contribution in [0.15, 0.2) is 113 Å². The van der Waals surface area contributed by atoms with Gasteiger partial charge in [-0.25, -0.2) is 19.9 Å². The topological polar surface area (TPSA) is 232 Å². The lowest BCUT2D eigenvalue weighted by molar-refractivity contribution is 0.0942. The number of nitrogens with one attached hydrogen (secondary N) is 2. The lowest BCUT2D eigenvalue weighted by atomic mass is 10.1. The molecule has 356 valence electrons. The Hall–Kier alpha value is -8.92. The van der Waals surface area contributed by atoms with E-state index in [4.69, 9.17) is 28.9 Å². The van der Waals surface area contributed by atoms with E-state index in [1.807, 2.05) is 30.3 Å². The zero-order chi connectivity index (χ0) is 49.1. The van der Waals surface area contributed by atoms with Gasteiger partial charge in [0.25, 0.3) is 22.9 Å². The van der Waals surface area contributed by atoms with E-state index in [-0.39, 0.29) is 90.5 Å². The largest absolute Gasteiger partial charge is 0.493 e. The van der Waals surface area contributed by atoms with Crippen molar-refractivity contribution in [3.63, 3.8) is 0 Å². The highest BCUT2D eigenvalue weighted by Crippen LogP contribution is 2.30. The molecular weight excluding hydrogens is 895 g/mol. The lowest BCUT2D eigenvalue weighted by Crippen LogP contribution is -2.31. The van der Waals surface area contributed by atoms with Crippen LogP contribution in [0.2, 0.25) is 0 Å². The number of aromatic nitrogens is 8. The molecule has 0 fully saturated rings. The molecule has 5 heterocycles. The molecular formula is C51H49N11O8. The molecule has 0 atom stereocenters. The number of carbonyl (C=O) groups is 2. The number of hydrogen-bond acceptors (Lipinski definition) is 14. The summed E-state index contributed by atoms with van der Waals surface area (Å²) in [4.78, 5) is 72.4. The van der Waals surface area contributed by atoms with Crippen LogP contribution in [-0.4, -0.2) is 85.1 Å². The molecule has 0 radical (unpaired) electrons. The van der Waals surface area contributed by atoms with E-state index in [0.717, 1.165) is 11.1 Å². The Morgan fingerprint density at radius 3 is 1.91 bits per heavy atom. The first-order chi connectivity index (χ1) is 34.1. The number of benzene rings is 3. The summed E-state index contributed by atoms with van der Waals surface area (Å²) in [7, 11) is 6.39. The fraction of sp³-hybridized carbons (Fsp3) is 0.255. The number of methoxy groups -OCH3 is 3. The highest BCUT2D eigenvalue weighted by Gasteiger charge is 2.18. The SMILES string of the molecule is COc1ccc(CCn2c(CCNC(=O)c3ccccc3C#N)nc3ncc(COc4cc(CCn5c(CCNC(=O)c6ccn(C)n6)nc6ncccc6c5=O)ccc4OC)cc3c2=O)cc1OC. The Kier molecular flexibility index (Phi) is 14.8. The van der Waals surface area contributed by atoms with Crippen molar-refractivity contribution in [1.29, 1.82) is 5.26 Å². The summed E-state index contributed by atoms with van der Waals surface area (Å²) < 4.78 is 27.6. The lowest BCUT2D eigenvalue weighted by Gasteiger charge is -2.16. The van der Waals surface area contributed by atoms with Crippen molar-refractivity contribution >= 4 is 33.9 Å². The van der Waals surface area contributed by atoms with Crippen molar-refractivity contribution in [1.82, 2.24) is 49.5 Å². The molecule has 0 aliphatic rings. The van der Waals surface area contributed by atoms with Crippen LogP contribution in [0.1, 0.15) is 54.7 Å². The van der Waals surface area contributed by atoms with Crippen molar-refractivity contribution in [2.75, 3.05) is 34.4 Å². The number of amides is 2. The smallest absolute Gasteiger partial charge is 0.271 e. The van der Waals surface area contributed by atoms with Crippen molar-refractivity contribution in [3.05, 3.63) is 169 Å². The van der Waals surface area contributed by atoms with E-state index in [1.165, 1.54) is 7.11 Å². The second-order valence-corrected chi connectivity index (χ2v) is 16.1. The number of fused-ring (bicyclic) bond motifs is 2. The highest BCUT2D eigenvalue weighted by molar-refractivity contribution is 5.96. The van der Waals surface area contributed by atoms with Gasteiger partial charge in [-0.05, 0) is 84.6 Å². The Morgan fingerprint density at radius 1 is 0.657 bits per heavy atom. The first kappa shape index (κ1) is 47.6. The number of nitrogens with zero attached hydrogens (tertiary/aromatic N) is 9. The fourth-order valence-corrected chi connectivity index (χ4v) is 7.96. The molecule has 0 bridgehead atoms. The summed E-state index contributed by atoms with van der Waals surface area (Å²) >= 11 is 0. The molecule has 8 aromatic rings. The molecule has 3 aromatic carbocycles. The number of hydrogen-bond donors (Lipinski definition) is 2. The average Bonchev–Trinajstić information content (AvgIpc) is 3.83. The third-order valence-electron chi connectivity index (χ3n) is 11.6. The van der Waals surface area contributed by atoms with Gasteiger partial charge in [-0.3, -0.25) is 33.0 Å². The van der Waals surface area contributed by atoms with Gasteiger partial charge in [0.15, 0.2) is 34.3 Å². The van der Waals surface area contributed by atoms with Crippen molar-refractivity contribution in [3.8, 4) is 29.1 Å². The maximum absolute atomic E-state index is 14.4. The first-order valence-electron chi connectivity index (χ1n) is 22.4. The summed E-state index contributed by atoms with van der Waals surface area (Å²) in [5.74, 6) is 2.19. The van der Waals surface area contributed by atoms with Gasteiger partial charge in [0, 0.05) is 70.2 Å². The predicted molar refractivity (Wildman–Crippen MR) is 258 cm³/mol. The number of carbonyl (C=O) groups excluding carboxylic acids is 2. The Bertz CT molecular complexity index is 3400. The predicted octanol–water partition coefficient (Wildman–Crippen LogP) is 4.54. The maximum Gasteiger partial charge on any atom is 0.271 e. The fourth-order valence-electron chi connectivity index (χ4n) is 7.96. The van der Waals surface area contributed by atoms with Crippen molar-refractivity contribution in [2.45, 2.75) is 45.4 Å². The average molecular weight is 944 g/mol. The molecule has 70 heavy (non-hydrogen) atoms. The van der Waals surface area contributed by atoms with E-state index in [1.54, 1.807) is 114 Å². The van der Waals surface area contributed by atoms with E-state index in [9.17, 15) is 24.4 Å². The number of nitriles is 1. The first-order valence-corrected chi connectivity index (χ1v) is 22.4.